The fourth-order valence-corrected chi connectivity index (χ4v) is 6.60. The molecule has 3 aromatic carbocycles. The maximum absolute atomic E-state index is 13.9. The molecule has 0 aliphatic heterocycles. The minimum Gasteiger partial charge on any atom is -0.496 e. The first kappa shape index (κ1) is 20.9. The van der Waals surface area contributed by atoms with Gasteiger partial charge in [0.15, 0.2) is 0 Å². The van der Waals surface area contributed by atoms with Crippen LogP contribution in [0.25, 0.3) is 0 Å². The van der Waals surface area contributed by atoms with Gasteiger partial charge in [-0.25, -0.2) is 0 Å². The molecule has 0 heterocycles. The summed E-state index contributed by atoms with van der Waals surface area (Å²) in [6.07, 6.45) is 0. The molecule has 3 nitrogen and oxygen atoms in total. The smallest absolute Gasteiger partial charge is 0.209 e. The van der Waals surface area contributed by atoms with Gasteiger partial charge in [0.1, 0.15) is 17.1 Å². The Balaban J connectivity index is 2.29. The zero-order valence-electron chi connectivity index (χ0n) is 15.2. The van der Waals surface area contributed by atoms with Gasteiger partial charge in [-0.05, 0) is 47.0 Å². The van der Waals surface area contributed by atoms with E-state index in [1.807, 2.05) is 0 Å². The van der Waals surface area contributed by atoms with E-state index in [1.54, 1.807) is 66.7 Å². The molecule has 0 spiro atoms. The van der Waals surface area contributed by atoms with E-state index in [0.29, 0.717) is 27.1 Å². The minimum absolute atomic E-state index is 0.221. The molecule has 0 N–H and O–H groups in total. The van der Waals surface area contributed by atoms with Crippen molar-refractivity contribution in [2.45, 2.75) is 0 Å². The summed E-state index contributed by atoms with van der Waals surface area (Å²) in [6.45, 7) is 0. The quantitative estimate of drug-likeness (QED) is 0.478. The molecular weight excluding hydrogens is 434 g/mol. The Bertz CT molecular complexity index is 979. The van der Waals surface area contributed by atoms with E-state index >= 15 is 0 Å². The highest BCUT2D eigenvalue weighted by Gasteiger charge is 2.35. The van der Waals surface area contributed by atoms with Gasteiger partial charge < -0.3 is 9.47 Å². The van der Waals surface area contributed by atoms with Crippen molar-refractivity contribution in [2.75, 3.05) is 14.2 Å². The summed E-state index contributed by atoms with van der Waals surface area (Å²) in [6, 6.07) is 16.4. The van der Waals surface area contributed by atoms with Gasteiger partial charge in [-0.15, -0.1) is 0 Å². The molecule has 3 rings (SSSR count). The van der Waals surface area contributed by atoms with Crippen LogP contribution in [0.5, 0.6) is 11.5 Å². The van der Waals surface area contributed by atoms with Crippen LogP contribution in [0.1, 0.15) is 10.4 Å². The average Bonchev–Trinajstić information content (AvgIpc) is 2.73. The first-order chi connectivity index (χ1) is 13.4. The lowest BCUT2D eigenvalue weighted by atomic mass is 10.2. The van der Waals surface area contributed by atoms with Crippen LogP contribution >= 0.6 is 29.2 Å². The number of ether oxygens (including phenoxy) is 2. The molecule has 0 amide bonds. The molecule has 0 radical (unpaired) electrons. The van der Waals surface area contributed by atoms with E-state index in [1.165, 1.54) is 14.2 Å². The molecule has 0 bridgehead atoms. The van der Waals surface area contributed by atoms with Crippen molar-refractivity contribution < 1.29 is 14.3 Å². The monoisotopic (exact) mass is 450 g/mol. The minimum atomic E-state index is -2.94. The van der Waals surface area contributed by atoms with Crippen molar-refractivity contribution in [1.82, 2.24) is 0 Å². The number of carbonyl (C=O) groups is 1. The van der Waals surface area contributed by atoms with Crippen molar-refractivity contribution >= 4 is 57.2 Å². The van der Waals surface area contributed by atoms with Crippen molar-refractivity contribution in [2.24, 2.45) is 0 Å². The van der Waals surface area contributed by atoms with Crippen molar-refractivity contribution in [1.29, 1.82) is 0 Å². The molecule has 144 valence electrons. The molecule has 0 atom stereocenters. The molecule has 0 saturated carbocycles. The number of methoxy groups -OCH3 is 2. The second-order valence-electron chi connectivity index (χ2n) is 5.90. The maximum Gasteiger partial charge on any atom is 0.209 e. The van der Waals surface area contributed by atoms with Gasteiger partial charge in [0.05, 0.1) is 20.3 Å². The second-order valence-corrected chi connectivity index (χ2v) is 11.1. The fourth-order valence-electron chi connectivity index (χ4n) is 2.91. The third-order valence-electron chi connectivity index (χ3n) is 4.31. The molecule has 3 aromatic rings. The van der Waals surface area contributed by atoms with Gasteiger partial charge in [-0.2, -0.15) is 0 Å². The van der Waals surface area contributed by atoms with Gasteiger partial charge in [0.2, 0.25) is 5.52 Å². The van der Waals surface area contributed by atoms with Crippen LogP contribution in [0, 0.1) is 0 Å². The highest BCUT2D eigenvalue weighted by Crippen LogP contribution is 2.50. The molecule has 7 heteroatoms. The Morgan fingerprint density at radius 1 is 0.786 bits per heavy atom. The summed E-state index contributed by atoms with van der Waals surface area (Å²) >= 11 is 18.2. The Morgan fingerprint density at radius 3 is 1.54 bits per heavy atom. The van der Waals surface area contributed by atoms with Crippen LogP contribution in [-0.2, 0) is 11.8 Å². The zero-order chi connectivity index (χ0) is 20.3. The lowest BCUT2D eigenvalue weighted by Gasteiger charge is -2.24. The number of hydrogen-bond acceptors (Lipinski definition) is 4. The van der Waals surface area contributed by atoms with E-state index in [9.17, 15) is 4.79 Å². The van der Waals surface area contributed by atoms with Gasteiger partial charge in [-0.3, -0.25) is 4.79 Å². The third-order valence-corrected chi connectivity index (χ3v) is 9.42. The molecule has 0 aliphatic rings. The van der Waals surface area contributed by atoms with Crippen molar-refractivity contribution in [3.8, 4) is 11.5 Å². The van der Waals surface area contributed by atoms with Crippen LogP contribution < -0.4 is 20.1 Å². The lowest BCUT2D eigenvalue weighted by Crippen LogP contribution is -2.23. The maximum atomic E-state index is 13.9. The summed E-state index contributed by atoms with van der Waals surface area (Å²) < 4.78 is 10.9. The molecule has 0 saturated heterocycles. The van der Waals surface area contributed by atoms with Gasteiger partial charge in [0, 0.05) is 10.0 Å². The molecule has 0 aromatic heterocycles. The largest absolute Gasteiger partial charge is 0.496 e. The molecule has 28 heavy (non-hydrogen) atoms. The summed E-state index contributed by atoms with van der Waals surface area (Å²) in [7, 11) is 3.03. The lowest BCUT2D eigenvalue weighted by molar-refractivity contribution is 0.107. The van der Waals surface area contributed by atoms with E-state index in [-0.39, 0.29) is 5.52 Å². The molecular formula is C21H17Cl2O3PS. The summed E-state index contributed by atoms with van der Waals surface area (Å²) in [4.78, 5) is 13.9. The van der Waals surface area contributed by atoms with E-state index < -0.39 is 6.04 Å². The molecule has 0 fully saturated rings. The van der Waals surface area contributed by atoms with E-state index in [4.69, 9.17) is 44.5 Å². The van der Waals surface area contributed by atoms with Crippen LogP contribution in [0.15, 0.2) is 66.7 Å². The summed E-state index contributed by atoms with van der Waals surface area (Å²) in [5.41, 5.74) is 0.113. The number of carbonyl (C=O) groups excluding carboxylic acids is 1. The number of benzene rings is 3. The topological polar surface area (TPSA) is 35.5 Å². The SMILES string of the molecule is COc1cccc(OC)c1C(=O)P(=S)(c1ccc(Cl)cc1)c1ccc(Cl)cc1. The first-order valence-electron chi connectivity index (χ1n) is 8.30. The second kappa shape index (κ2) is 8.67. The standard InChI is InChI=1S/C21H17Cl2O3PS/c1-25-18-4-3-5-19(26-2)20(18)21(24)27(28,16-10-6-14(22)7-11-16)17-12-8-15(23)9-13-17/h3-13H,1-2H3. The van der Waals surface area contributed by atoms with E-state index in [2.05, 4.69) is 0 Å². The Kier molecular flexibility index (Phi) is 6.47. The Hall–Kier alpha value is -1.84. The van der Waals surface area contributed by atoms with Gasteiger partial charge in [0.25, 0.3) is 0 Å². The van der Waals surface area contributed by atoms with Crippen LogP contribution in [-0.4, -0.2) is 19.7 Å². The summed E-state index contributed by atoms with van der Waals surface area (Å²) in [5.74, 6) is 0.836. The van der Waals surface area contributed by atoms with Gasteiger partial charge in [-0.1, -0.05) is 65.3 Å². The number of hydrogen-bond donors (Lipinski definition) is 0. The van der Waals surface area contributed by atoms with Crippen LogP contribution in [0.4, 0.5) is 0 Å². The fraction of sp³-hybridized carbons (Fsp3) is 0.0952. The predicted octanol–water partition coefficient (Wildman–Crippen LogP) is 5.28. The summed E-state index contributed by atoms with van der Waals surface area (Å²) in [5, 5.41) is 2.60. The van der Waals surface area contributed by atoms with Crippen LogP contribution in [0.3, 0.4) is 0 Å². The average molecular weight is 451 g/mol. The first-order valence-corrected chi connectivity index (χ1v) is 11.9. The molecule has 0 unspecified atom stereocenters. The van der Waals surface area contributed by atoms with Crippen LogP contribution in [0.2, 0.25) is 10.0 Å². The van der Waals surface area contributed by atoms with E-state index in [0.717, 1.165) is 10.6 Å². The zero-order valence-corrected chi connectivity index (χ0v) is 18.4. The normalized spacial score (nSPS) is 11.1. The highest BCUT2D eigenvalue weighted by molar-refractivity contribution is 8.30. The van der Waals surface area contributed by atoms with Crippen molar-refractivity contribution in [3.63, 3.8) is 0 Å². The number of halogens is 2. The predicted molar refractivity (Wildman–Crippen MR) is 120 cm³/mol. The third kappa shape index (κ3) is 3.83. The van der Waals surface area contributed by atoms with Gasteiger partial charge >= 0.3 is 0 Å². The van der Waals surface area contributed by atoms with Crippen molar-refractivity contribution in [3.05, 3.63) is 82.3 Å². The Morgan fingerprint density at radius 2 is 1.18 bits per heavy atom. The highest BCUT2D eigenvalue weighted by atomic mass is 35.5. The Labute approximate surface area is 179 Å². The molecule has 0 aliphatic carbocycles. The number of rotatable bonds is 6.